The van der Waals surface area contributed by atoms with Crippen LogP contribution in [0.2, 0.25) is 0 Å². The number of carbonyl (C=O) groups excluding carboxylic acids is 1. The van der Waals surface area contributed by atoms with Gasteiger partial charge < -0.3 is 10.1 Å². The van der Waals surface area contributed by atoms with E-state index in [0.29, 0.717) is 12.3 Å². The maximum absolute atomic E-state index is 12.8. The molecule has 0 aromatic heterocycles. The molecular weight excluding hydrogens is 444 g/mol. The molecule has 1 heterocycles. The molecule has 0 bridgehead atoms. The van der Waals surface area contributed by atoms with Gasteiger partial charge in [0.15, 0.2) is 0 Å². The van der Waals surface area contributed by atoms with Gasteiger partial charge in [0.1, 0.15) is 5.60 Å². The van der Waals surface area contributed by atoms with Crippen molar-refractivity contribution in [2.75, 3.05) is 13.1 Å². The number of nitrogens with zero attached hydrogens (tertiary/aromatic N) is 1. The number of hydrogen-bond donors (Lipinski definition) is 1. The van der Waals surface area contributed by atoms with Crippen molar-refractivity contribution in [2.24, 2.45) is 11.8 Å². The van der Waals surface area contributed by atoms with Gasteiger partial charge in [-0.25, -0.2) is 0 Å². The zero-order chi connectivity index (χ0) is 25.6. The smallest absolute Gasteiger partial charge is 0.306 e. The molecular formula is C32H42N2O2. The highest BCUT2D eigenvalue weighted by Crippen LogP contribution is 2.47. The first-order valence-electron chi connectivity index (χ1n) is 13.4. The van der Waals surface area contributed by atoms with Crippen LogP contribution < -0.4 is 5.32 Å². The van der Waals surface area contributed by atoms with Gasteiger partial charge in [0, 0.05) is 31.5 Å². The Kier molecular flexibility index (Phi) is 8.48. The molecule has 0 amide bonds. The van der Waals surface area contributed by atoms with E-state index < -0.39 is 5.60 Å². The van der Waals surface area contributed by atoms with Gasteiger partial charge in [0.2, 0.25) is 0 Å². The van der Waals surface area contributed by atoms with Gasteiger partial charge in [-0.15, -0.1) is 0 Å². The molecule has 1 aliphatic carbocycles. The van der Waals surface area contributed by atoms with Crippen LogP contribution in [0.15, 0.2) is 85.0 Å². The highest BCUT2D eigenvalue weighted by atomic mass is 16.6. The summed E-state index contributed by atoms with van der Waals surface area (Å²) >= 11 is 0. The number of hydrogen-bond acceptors (Lipinski definition) is 4. The van der Waals surface area contributed by atoms with Crippen molar-refractivity contribution in [1.29, 1.82) is 0 Å². The lowest BCUT2D eigenvalue weighted by Gasteiger charge is -2.53. The summed E-state index contributed by atoms with van der Waals surface area (Å²) in [4.78, 5) is 15.5. The molecule has 4 heteroatoms. The SMILES string of the molecule is C[C@@H](c1ccccc1)N(Cc1ccccc1)[C@]1(C2CCNC2)C=CC=CC1CCC(=O)OC(C)(C)C. The minimum atomic E-state index is -0.465. The number of rotatable bonds is 9. The van der Waals surface area contributed by atoms with Gasteiger partial charge in [0.05, 0.1) is 5.54 Å². The van der Waals surface area contributed by atoms with Crippen LogP contribution in [0, 0.1) is 11.8 Å². The van der Waals surface area contributed by atoms with Crippen LogP contribution in [0.25, 0.3) is 0 Å². The van der Waals surface area contributed by atoms with Crippen LogP contribution in [0.3, 0.4) is 0 Å². The molecule has 0 saturated carbocycles. The molecule has 1 N–H and O–H groups in total. The van der Waals surface area contributed by atoms with Gasteiger partial charge in [-0.2, -0.15) is 0 Å². The molecule has 4 rings (SSSR count). The average Bonchev–Trinajstić information content (AvgIpc) is 3.42. The standard InChI is InChI=1S/C32H42N2O2/c1-25(27-15-9-6-10-16-27)34(24-26-13-7-5-8-14-26)32(29-20-22-33-23-29)21-12-11-17-28(32)18-19-30(35)36-31(2,3)4/h5-17,21,25,28-29,33H,18-20,22-24H2,1-4H3/t25-,28?,29?,32+/m0/s1. The predicted octanol–water partition coefficient (Wildman–Crippen LogP) is 6.46. The molecule has 2 unspecified atom stereocenters. The number of carbonyl (C=O) groups is 1. The summed E-state index contributed by atoms with van der Waals surface area (Å²) in [5.74, 6) is 0.529. The fraction of sp³-hybridized carbons (Fsp3) is 0.469. The van der Waals surface area contributed by atoms with E-state index in [1.54, 1.807) is 0 Å². The van der Waals surface area contributed by atoms with Crippen molar-refractivity contribution in [3.05, 3.63) is 96.1 Å². The third-order valence-electron chi connectivity index (χ3n) is 7.65. The van der Waals surface area contributed by atoms with E-state index >= 15 is 0 Å². The maximum Gasteiger partial charge on any atom is 0.306 e. The van der Waals surface area contributed by atoms with E-state index in [-0.39, 0.29) is 23.5 Å². The third-order valence-corrected chi connectivity index (χ3v) is 7.65. The van der Waals surface area contributed by atoms with Crippen LogP contribution >= 0.6 is 0 Å². The van der Waals surface area contributed by atoms with Crippen molar-refractivity contribution < 1.29 is 9.53 Å². The fourth-order valence-electron chi connectivity index (χ4n) is 6.01. The van der Waals surface area contributed by atoms with Crippen molar-refractivity contribution in [3.63, 3.8) is 0 Å². The number of allylic oxidation sites excluding steroid dienone is 2. The fourth-order valence-corrected chi connectivity index (χ4v) is 6.01. The Bertz CT molecular complexity index is 1030. The lowest BCUT2D eigenvalue weighted by Crippen LogP contribution is -2.58. The molecule has 2 aliphatic rings. The summed E-state index contributed by atoms with van der Waals surface area (Å²) in [5.41, 5.74) is 1.94. The van der Waals surface area contributed by atoms with Crippen LogP contribution in [-0.2, 0) is 16.1 Å². The summed E-state index contributed by atoms with van der Waals surface area (Å²) in [5, 5.41) is 3.63. The van der Waals surface area contributed by atoms with Gasteiger partial charge >= 0.3 is 5.97 Å². The van der Waals surface area contributed by atoms with Crippen LogP contribution in [0.1, 0.15) is 64.1 Å². The normalized spacial score (nSPS) is 24.7. The summed E-state index contributed by atoms with van der Waals surface area (Å²) in [7, 11) is 0. The molecule has 4 atom stereocenters. The van der Waals surface area contributed by atoms with Gasteiger partial charge in [0.25, 0.3) is 0 Å². The Labute approximate surface area is 217 Å². The van der Waals surface area contributed by atoms with Crippen molar-refractivity contribution in [3.8, 4) is 0 Å². The predicted molar refractivity (Wildman–Crippen MR) is 147 cm³/mol. The Balaban J connectivity index is 1.74. The molecule has 0 spiro atoms. The van der Waals surface area contributed by atoms with Gasteiger partial charge in [-0.1, -0.05) is 85.0 Å². The number of nitrogens with one attached hydrogen (secondary N) is 1. The maximum atomic E-state index is 12.8. The summed E-state index contributed by atoms with van der Waals surface area (Å²) in [6, 6.07) is 21.8. The second kappa shape index (κ2) is 11.6. The summed E-state index contributed by atoms with van der Waals surface area (Å²) in [6.45, 7) is 11.0. The molecule has 192 valence electrons. The lowest BCUT2D eigenvalue weighted by atomic mass is 9.67. The zero-order valence-electron chi connectivity index (χ0n) is 22.3. The van der Waals surface area contributed by atoms with Crippen LogP contribution in [0.5, 0.6) is 0 Å². The van der Waals surface area contributed by atoms with E-state index in [1.165, 1.54) is 11.1 Å². The molecule has 36 heavy (non-hydrogen) atoms. The van der Waals surface area contributed by atoms with E-state index in [0.717, 1.165) is 32.5 Å². The zero-order valence-corrected chi connectivity index (χ0v) is 22.3. The first-order chi connectivity index (χ1) is 17.3. The van der Waals surface area contributed by atoms with Crippen LogP contribution in [0.4, 0.5) is 0 Å². The minimum absolute atomic E-state index is 0.116. The van der Waals surface area contributed by atoms with Gasteiger partial charge in [-0.05, 0) is 64.1 Å². The summed E-state index contributed by atoms with van der Waals surface area (Å²) < 4.78 is 5.69. The first kappa shape index (κ1) is 26.4. The van der Waals surface area contributed by atoms with E-state index in [1.807, 2.05) is 20.8 Å². The first-order valence-corrected chi connectivity index (χ1v) is 13.4. The highest BCUT2D eigenvalue weighted by Gasteiger charge is 2.50. The highest BCUT2D eigenvalue weighted by molar-refractivity contribution is 5.69. The molecule has 2 aromatic carbocycles. The monoisotopic (exact) mass is 486 g/mol. The second-order valence-corrected chi connectivity index (χ2v) is 11.3. The molecule has 1 saturated heterocycles. The third kappa shape index (κ3) is 6.16. The molecule has 4 nitrogen and oxygen atoms in total. The average molecular weight is 487 g/mol. The number of benzene rings is 2. The number of esters is 1. The summed E-state index contributed by atoms with van der Waals surface area (Å²) in [6.07, 6.45) is 11.4. The topological polar surface area (TPSA) is 41.6 Å². The Morgan fingerprint density at radius 1 is 1.08 bits per heavy atom. The van der Waals surface area contributed by atoms with Crippen molar-refractivity contribution >= 4 is 5.97 Å². The lowest BCUT2D eigenvalue weighted by molar-refractivity contribution is -0.155. The Morgan fingerprint density at radius 2 is 1.78 bits per heavy atom. The second-order valence-electron chi connectivity index (χ2n) is 11.3. The van der Waals surface area contributed by atoms with Crippen molar-refractivity contribution in [1.82, 2.24) is 10.2 Å². The Morgan fingerprint density at radius 3 is 2.42 bits per heavy atom. The van der Waals surface area contributed by atoms with E-state index in [4.69, 9.17) is 4.74 Å². The Hall–Kier alpha value is -2.69. The van der Waals surface area contributed by atoms with Crippen LogP contribution in [-0.4, -0.2) is 35.1 Å². The van der Waals surface area contributed by atoms with E-state index in [2.05, 4.69) is 102 Å². The molecule has 0 radical (unpaired) electrons. The quantitative estimate of drug-likeness (QED) is 0.413. The molecule has 1 aliphatic heterocycles. The largest absolute Gasteiger partial charge is 0.460 e. The molecule has 2 aromatic rings. The molecule has 1 fully saturated rings. The number of ether oxygens (including phenoxy) is 1. The van der Waals surface area contributed by atoms with Crippen molar-refractivity contribution in [2.45, 2.75) is 70.7 Å². The van der Waals surface area contributed by atoms with E-state index in [9.17, 15) is 4.79 Å². The van der Waals surface area contributed by atoms with Gasteiger partial charge in [-0.3, -0.25) is 9.69 Å². The minimum Gasteiger partial charge on any atom is -0.460 e.